The van der Waals surface area contributed by atoms with Crippen molar-refractivity contribution in [1.82, 2.24) is 19.1 Å². The molecule has 0 aliphatic rings. The highest BCUT2D eigenvalue weighted by Gasteiger charge is 2.16. The van der Waals surface area contributed by atoms with Gasteiger partial charge in [-0.15, -0.1) is 0 Å². The van der Waals surface area contributed by atoms with E-state index in [9.17, 15) is 0 Å². The predicted octanol–water partition coefficient (Wildman–Crippen LogP) is 7.07. The smallest absolute Gasteiger partial charge is 0.0991 e. The quantitative estimate of drug-likeness (QED) is 0.247. The highest BCUT2D eigenvalue weighted by Crippen LogP contribution is 2.37. The first-order valence-corrected chi connectivity index (χ1v) is 11.9. The minimum absolute atomic E-state index is 1.08. The van der Waals surface area contributed by atoms with Gasteiger partial charge in [0.15, 0.2) is 0 Å². The molecule has 4 aromatic carbocycles. The molecule has 0 amide bonds. The van der Waals surface area contributed by atoms with E-state index in [1.807, 2.05) is 34.2 Å². The summed E-state index contributed by atoms with van der Waals surface area (Å²) in [6.45, 7) is 0. The number of hydrogen-bond acceptors (Lipinski definition) is 2. The summed E-state index contributed by atoms with van der Waals surface area (Å²) < 4.78 is 4.03. The van der Waals surface area contributed by atoms with Gasteiger partial charge >= 0.3 is 0 Å². The normalized spacial score (nSPS) is 11.8. The SMILES string of the molecule is c1ccc(/C(=C(/c2ccccc2)c2ccc(-n3ccnc3)cc2)c2ccc(-n3ccnc3)cc2)cc1. The van der Waals surface area contributed by atoms with Gasteiger partial charge in [-0.3, -0.25) is 0 Å². The number of hydrogen-bond donors (Lipinski definition) is 0. The topological polar surface area (TPSA) is 35.6 Å². The summed E-state index contributed by atoms with van der Waals surface area (Å²) in [4.78, 5) is 8.37. The van der Waals surface area contributed by atoms with Crippen LogP contribution in [0.5, 0.6) is 0 Å². The lowest BCUT2D eigenvalue weighted by atomic mass is 9.85. The van der Waals surface area contributed by atoms with Gasteiger partial charge in [-0.25, -0.2) is 9.97 Å². The monoisotopic (exact) mass is 464 g/mol. The zero-order valence-corrected chi connectivity index (χ0v) is 19.6. The highest BCUT2D eigenvalue weighted by atomic mass is 15.0. The summed E-state index contributed by atoms with van der Waals surface area (Å²) in [6, 6.07) is 38.6. The molecule has 0 spiro atoms. The summed E-state index contributed by atoms with van der Waals surface area (Å²) in [7, 11) is 0. The van der Waals surface area contributed by atoms with Crippen LogP contribution in [0.25, 0.3) is 22.5 Å². The highest BCUT2D eigenvalue weighted by molar-refractivity contribution is 6.04. The van der Waals surface area contributed by atoms with E-state index in [4.69, 9.17) is 0 Å². The van der Waals surface area contributed by atoms with Crippen molar-refractivity contribution in [3.05, 3.63) is 169 Å². The molecule has 172 valence electrons. The first-order valence-electron chi connectivity index (χ1n) is 11.9. The summed E-state index contributed by atoms with van der Waals surface area (Å²) in [6.07, 6.45) is 11.1. The lowest BCUT2D eigenvalue weighted by Crippen LogP contribution is -1.99. The van der Waals surface area contributed by atoms with Gasteiger partial charge in [0.05, 0.1) is 12.7 Å². The molecule has 0 fully saturated rings. The Morgan fingerprint density at radius 3 is 1.11 bits per heavy atom. The van der Waals surface area contributed by atoms with Gasteiger partial charge in [-0.2, -0.15) is 0 Å². The van der Waals surface area contributed by atoms with Crippen LogP contribution >= 0.6 is 0 Å². The second-order valence-corrected chi connectivity index (χ2v) is 8.52. The van der Waals surface area contributed by atoms with E-state index in [2.05, 4.69) is 119 Å². The van der Waals surface area contributed by atoms with Crippen molar-refractivity contribution < 1.29 is 0 Å². The molecular formula is C32H24N4. The molecule has 4 nitrogen and oxygen atoms in total. The van der Waals surface area contributed by atoms with Gasteiger partial charge in [0.2, 0.25) is 0 Å². The average molecular weight is 465 g/mol. The Labute approximate surface area is 210 Å². The molecule has 4 heteroatoms. The van der Waals surface area contributed by atoms with Crippen molar-refractivity contribution in [3.63, 3.8) is 0 Å². The molecule has 36 heavy (non-hydrogen) atoms. The maximum absolute atomic E-state index is 4.18. The zero-order valence-electron chi connectivity index (χ0n) is 19.6. The Morgan fingerprint density at radius 2 is 0.778 bits per heavy atom. The zero-order chi connectivity index (χ0) is 24.2. The van der Waals surface area contributed by atoms with Gasteiger partial charge in [0, 0.05) is 36.2 Å². The van der Waals surface area contributed by atoms with Crippen molar-refractivity contribution in [2.24, 2.45) is 0 Å². The number of aromatic nitrogens is 4. The summed E-state index contributed by atoms with van der Waals surface area (Å²) in [5.41, 5.74) is 9.19. The van der Waals surface area contributed by atoms with Gasteiger partial charge < -0.3 is 9.13 Å². The third-order valence-corrected chi connectivity index (χ3v) is 6.29. The average Bonchev–Trinajstić information content (AvgIpc) is 3.69. The first kappa shape index (κ1) is 21.6. The van der Waals surface area contributed by atoms with E-state index in [0.29, 0.717) is 0 Å². The van der Waals surface area contributed by atoms with Crippen LogP contribution in [0, 0.1) is 0 Å². The second-order valence-electron chi connectivity index (χ2n) is 8.52. The fourth-order valence-corrected chi connectivity index (χ4v) is 4.54. The Bertz CT molecular complexity index is 1440. The van der Waals surface area contributed by atoms with Crippen LogP contribution in [0.2, 0.25) is 0 Å². The summed E-state index contributed by atoms with van der Waals surface area (Å²) in [5.74, 6) is 0. The predicted molar refractivity (Wildman–Crippen MR) is 145 cm³/mol. The lowest BCUT2D eigenvalue weighted by molar-refractivity contribution is 1.06. The Hall–Kier alpha value is -4.96. The molecule has 6 rings (SSSR count). The number of benzene rings is 4. The van der Waals surface area contributed by atoms with Crippen molar-refractivity contribution in [3.8, 4) is 11.4 Å². The molecule has 0 N–H and O–H groups in total. The molecule has 0 saturated heterocycles. The van der Waals surface area contributed by atoms with Gasteiger partial charge in [-0.1, -0.05) is 84.9 Å². The molecule has 6 aromatic rings. The fourth-order valence-electron chi connectivity index (χ4n) is 4.54. The molecule has 0 bridgehead atoms. The maximum atomic E-state index is 4.18. The van der Waals surface area contributed by atoms with Crippen LogP contribution in [-0.2, 0) is 0 Å². The maximum Gasteiger partial charge on any atom is 0.0991 e. The Balaban J connectivity index is 1.57. The van der Waals surface area contributed by atoms with E-state index in [0.717, 1.165) is 22.5 Å². The van der Waals surface area contributed by atoms with E-state index < -0.39 is 0 Å². The minimum Gasteiger partial charge on any atom is -0.306 e. The lowest BCUT2D eigenvalue weighted by Gasteiger charge is -2.19. The second kappa shape index (κ2) is 9.72. The Morgan fingerprint density at radius 1 is 0.417 bits per heavy atom. The fraction of sp³-hybridized carbons (Fsp3) is 0. The standard InChI is InChI=1S/C32H24N4/c1-3-7-25(8-4-1)31(27-11-15-29(16-12-27)35-21-19-33-23-35)32(26-9-5-2-6-10-26)28-13-17-30(18-14-28)36-22-20-34-24-36/h1-24H/b32-31+. The third kappa shape index (κ3) is 4.28. The molecule has 0 unspecified atom stereocenters. The van der Waals surface area contributed by atoms with Crippen molar-refractivity contribution >= 4 is 11.1 Å². The molecule has 0 saturated carbocycles. The molecule has 0 atom stereocenters. The Kier molecular flexibility index (Phi) is 5.83. The van der Waals surface area contributed by atoms with Crippen LogP contribution in [-0.4, -0.2) is 19.1 Å². The molecule has 0 aliphatic heterocycles. The largest absolute Gasteiger partial charge is 0.306 e. The third-order valence-electron chi connectivity index (χ3n) is 6.29. The van der Waals surface area contributed by atoms with Crippen molar-refractivity contribution in [2.75, 3.05) is 0 Å². The molecule has 2 aromatic heterocycles. The van der Waals surface area contributed by atoms with Gasteiger partial charge in [0.25, 0.3) is 0 Å². The van der Waals surface area contributed by atoms with Gasteiger partial charge in [0.1, 0.15) is 0 Å². The van der Waals surface area contributed by atoms with Crippen LogP contribution in [0.3, 0.4) is 0 Å². The number of nitrogens with zero attached hydrogens (tertiary/aromatic N) is 4. The van der Waals surface area contributed by atoms with Crippen LogP contribution in [0.1, 0.15) is 22.3 Å². The molecule has 0 aliphatic carbocycles. The first-order chi connectivity index (χ1) is 17.9. The van der Waals surface area contributed by atoms with E-state index >= 15 is 0 Å². The van der Waals surface area contributed by atoms with Crippen molar-refractivity contribution in [2.45, 2.75) is 0 Å². The molecular weight excluding hydrogens is 440 g/mol. The van der Waals surface area contributed by atoms with E-state index in [1.54, 1.807) is 12.4 Å². The van der Waals surface area contributed by atoms with E-state index in [1.165, 1.54) is 22.3 Å². The van der Waals surface area contributed by atoms with E-state index in [-0.39, 0.29) is 0 Å². The minimum atomic E-state index is 1.08. The summed E-state index contributed by atoms with van der Waals surface area (Å²) >= 11 is 0. The molecule has 2 heterocycles. The van der Waals surface area contributed by atoms with Crippen LogP contribution in [0.15, 0.2) is 147 Å². The van der Waals surface area contributed by atoms with Crippen molar-refractivity contribution in [1.29, 1.82) is 0 Å². The molecule has 0 radical (unpaired) electrons. The van der Waals surface area contributed by atoms with Crippen LogP contribution < -0.4 is 0 Å². The number of imidazole rings is 2. The van der Waals surface area contributed by atoms with Gasteiger partial charge in [-0.05, 0) is 57.7 Å². The summed E-state index contributed by atoms with van der Waals surface area (Å²) in [5, 5.41) is 0. The number of rotatable bonds is 6. The van der Waals surface area contributed by atoms with Crippen LogP contribution in [0.4, 0.5) is 0 Å².